The van der Waals surface area contributed by atoms with Crippen LogP contribution in [0.1, 0.15) is 21.6 Å². The maximum atomic E-state index is 13.2. The van der Waals surface area contributed by atoms with Crippen LogP contribution in [0.5, 0.6) is 0 Å². The molecule has 0 spiro atoms. The van der Waals surface area contributed by atoms with Crippen LogP contribution in [0.15, 0.2) is 42.7 Å². The van der Waals surface area contributed by atoms with Crippen LogP contribution in [-0.4, -0.2) is 30.8 Å². The van der Waals surface area contributed by atoms with Crippen LogP contribution in [0.2, 0.25) is 0 Å². The van der Waals surface area contributed by atoms with Crippen molar-refractivity contribution in [3.63, 3.8) is 0 Å². The molecule has 2 heterocycles. The maximum absolute atomic E-state index is 13.2. The molecule has 25 heavy (non-hydrogen) atoms. The predicted octanol–water partition coefficient (Wildman–Crippen LogP) is 3.35. The minimum Gasteiger partial charge on any atom is -0.478 e. The first-order valence-corrected chi connectivity index (χ1v) is 7.07. The van der Waals surface area contributed by atoms with Crippen LogP contribution in [0.4, 0.5) is 13.2 Å². The van der Waals surface area contributed by atoms with Crippen molar-refractivity contribution in [1.82, 2.24) is 19.7 Å². The molecule has 0 saturated carbocycles. The van der Waals surface area contributed by atoms with Gasteiger partial charge in [-0.1, -0.05) is 18.2 Å². The lowest BCUT2D eigenvalue weighted by molar-refractivity contribution is -0.137. The number of carbonyl (C=O) groups is 1. The molecule has 0 bridgehead atoms. The summed E-state index contributed by atoms with van der Waals surface area (Å²) in [6, 6.07) is 6.41. The summed E-state index contributed by atoms with van der Waals surface area (Å²) in [7, 11) is 0. The summed E-state index contributed by atoms with van der Waals surface area (Å²) in [6.07, 6.45) is -2.09. The lowest BCUT2D eigenvalue weighted by Gasteiger charge is -2.12. The number of hydrogen-bond donors (Lipinski definition) is 1. The van der Waals surface area contributed by atoms with Gasteiger partial charge in [-0.3, -0.25) is 0 Å². The van der Waals surface area contributed by atoms with Crippen molar-refractivity contribution < 1.29 is 23.1 Å². The first-order valence-electron chi connectivity index (χ1n) is 7.07. The highest BCUT2D eigenvalue weighted by Gasteiger charge is 2.33. The Balaban J connectivity index is 2.12. The molecule has 1 N–H and O–H groups in total. The minimum absolute atomic E-state index is 0.0144. The van der Waals surface area contributed by atoms with E-state index in [9.17, 15) is 18.0 Å². The topological polar surface area (TPSA) is 80.9 Å². The van der Waals surface area contributed by atoms with E-state index in [2.05, 4.69) is 15.1 Å². The van der Waals surface area contributed by atoms with E-state index in [0.717, 1.165) is 12.3 Å². The van der Waals surface area contributed by atoms with Crippen molar-refractivity contribution in [2.75, 3.05) is 0 Å². The van der Waals surface area contributed by atoms with E-state index in [1.54, 1.807) is 0 Å². The highest BCUT2D eigenvalue weighted by atomic mass is 19.4. The lowest BCUT2D eigenvalue weighted by atomic mass is 10.0. The molecule has 3 rings (SSSR count). The Morgan fingerprint density at radius 3 is 2.56 bits per heavy atom. The smallest absolute Gasteiger partial charge is 0.417 e. The average Bonchev–Trinajstić information content (AvgIpc) is 2.96. The standard InChI is InChI=1S/C16H11F3N4O2/c1-9-11(14(24)25)8-21-23(9)15-20-7-6-13(22-15)10-4-2-3-5-12(10)16(17,18)19/h2-8H,1H3,(H,24,25). The van der Waals surface area contributed by atoms with Gasteiger partial charge in [0.25, 0.3) is 5.95 Å². The maximum Gasteiger partial charge on any atom is 0.417 e. The summed E-state index contributed by atoms with van der Waals surface area (Å²) in [6.45, 7) is 1.51. The summed E-state index contributed by atoms with van der Waals surface area (Å²) in [4.78, 5) is 19.2. The molecule has 128 valence electrons. The van der Waals surface area contributed by atoms with E-state index in [0.29, 0.717) is 0 Å². The molecule has 0 atom stereocenters. The Bertz CT molecular complexity index is 951. The largest absolute Gasteiger partial charge is 0.478 e. The molecule has 9 heteroatoms. The van der Waals surface area contributed by atoms with Crippen molar-refractivity contribution in [2.24, 2.45) is 0 Å². The monoisotopic (exact) mass is 348 g/mol. The van der Waals surface area contributed by atoms with Crippen molar-refractivity contribution in [3.05, 3.63) is 59.5 Å². The van der Waals surface area contributed by atoms with E-state index < -0.39 is 17.7 Å². The molecular formula is C16H11F3N4O2. The second-order valence-electron chi connectivity index (χ2n) is 5.15. The second kappa shape index (κ2) is 6.00. The molecule has 3 aromatic rings. The molecule has 2 aromatic heterocycles. The fourth-order valence-corrected chi connectivity index (χ4v) is 2.38. The molecule has 0 aliphatic carbocycles. The van der Waals surface area contributed by atoms with Gasteiger partial charge in [-0.2, -0.15) is 18.3 Å². The first kappa shape index (κ1) is 16.6. The van der Waals surface area contributed by atoms with E-state index in [4.69, 9.17) is 5.11 Å². The summed E-state index contributed by atoms with van der Waals surface area (Å²) in [5.74, 6) is -1.18. The van der Waals surface area contributed by atoms with Gasteiger partial charge >= 0.3 is 12.1 Å². The molecule has 1 aromatic carbocycles. The van der Waals surface area contributed by atoms with E-state index in [1.165, 1.54) is 42.1 Å². The number of rotatable bonds is 3. The minimum atomic E-state index is -4.53. The van der Waals surface area contributed by atoms with E-state index >= 15 is 0 Å². The molecular weight excluding hydrogens is 337 g/mol. The third-order valence-corrected chi connectivity index (χ3v) is 3.58. The molecule has 0 aliphatic heterocycles. The van der Waals surface area contributed by atoms with Gasteiger partial charge in [0.15, 0.2) is 0 Å². The zero-order valence-corrected chi connectivity index (χ0v) is 12.8. The molecule has 0 amide bonds. The molecule has 0 unspecified atom stereocenters. The number of carboxylic acid groups (broad SMARTS) is 1. The van der Waals surface area contributed by atoms with Gasteiger partial charge in [0.1, 0.15) is 5.56 Å². The third-order valence-electron chi connectivity index (χ3n) is 3.58. The number of carboxylic acids is 1. The molecule has 0 saturated heterocycles. The Hall–Kier alpha value is -3.23. The predicted molar refractivity (Wildman–Crippen MR) is 81.3 cm³/mol. The van der Waals surface area contributed by atoms with Gasteiger partial charge < -0.3 is 5.11 Å². The second-order valence-corrected chi connectivity index (χ2v) is 5.15. The number of aromatic carboxylic acids is 1. The van der Waals surface area contributed by atoms with Crippen LogP contribution in [0, 0.1) is 6.92 Å². The van der Waals surface area contributed by atoms with Crippen molar-refractivity contribution in [2.45, 2.75) is 13.1 Å². The Labute approximate surface area is 139 Å². The van der Waals surface area contributed by atoms with E-state index in [1.807, 2.05) is 0 Å². The fraction of sp³-hybridized carbons (Fsp3) is 0.125. The van der Waals surface area contributed by atoms with Gasteiger partial charge in [-0.05, 0) is 19.1 Å². The highest BCUT2D eigenvalue weighted by Crippen LogP contribution is 2.36. The van der Waals surface area contributed by atoms with Gasteiger partial charge in [0.2, 0.25) is 0 Å². The van der Waals surface area contributed by atoms with Gasteiger partial charge in [0, 0.05) is 11.8 Å². The highest BCUT2D eigenvalue weighted by molar-refractivity contribution is 5.88. The summed E-state index contributed by atoms with van der Waals surface area (Å²) in [5.41, 5.74) is -0.617. The van der Waals surface area contributed by atoms with Crippen LogP contribution >= 0.6 is 0 Å². The van der Waals surface area contributed by atoms with Crippen LogP contribution in [0.3, 0.4) is 0 Å². The zero-order chi connectivity index (χ0) is 18.2. The van der Waals surface area contributed by atoms with E-state index in [-0.39, 0.29) is 28.5 Å². The summed E-state index contributed by atoms with van der Waals surface area (Å²) >= 11 is 0. The summed E-state index contributed by atoms with van der Waals surface area (Å²) < 4.78 is 40.7. The van der Waals surface area contributed by atoms with Crippen molar-refractivity contribution >= 4 is 5.97 Å². The quantitative estimate of drug-likeness (QED) is 0.785. The summed E-state index contributed by atoms with van der Waals surface area (Å²) in [5, 5.41) is 13.0. The third kappa shape index (κ3) is 3.08. The van der Waals surface area contributed by atoms with Crippen LogP contribution in [0.25, 0.3) is 17.2 Å². The lowest BCUT2D eigenvalue weighted by Crippen LogP contribution is -2.09. The molecule has 0 aliphatic rings. The van der Waals surface area contributed by atoms with Crippen LogP contribution in [-0.2, 0) is 6.18 Å². The van der Waals surface area contributed by atoms with Crippen LogP contribution < -0.4 is 0 Å². The van der Waals surface area contributed by atoms with Gasteiger partial charge in [0.05, 0.1) is 23.1 Å². The SMILES string of the molecule is Cc1c(C(=O)O)cnn1-c1nccc(-c2ccccc2C(F)(F)F)n1. The number of aromatic nitrogens is 4. The normalized spacial score (nSPS) is 11.5. The Morgan fingerprint density at radius 1 is 1.20 bits per heavy atom. The molecule has 0 radical (unpaired) electrons. The fourth-order valence-electron chi connectivity index (χ4n) is 2.38. The van der Waals surface area contributed by atoms with Gasteiger partial charge in [-0.25, -0.2) is 19.4 Å². The Morgan fingerprint density at radius 2 is 1.92 bits per heavy atom. The zero-order valence-electron chi connectivity index (χ0n) is 12.8. The van der Waals surface area contributed by atoms with Crippen molar-refractivity contribution in [1.29, 1.82) is 0 Å². The van der Waals surface area contributed by atoms with Crippen molar-refractivity contribution in [3.8, 4) is 17.2 Å². The molecule has 0 fully saturated rings. The number of benzene rings is 1. The Kier molecular flexibility index (Phi) is 3.99. The van der Waals surface area contributed by atoms with Gasteiger partial charge in [-0.15, -0.1) is 0 Å². The molecule has 6 nitrogen and oxygen atoms in total. The first-order chi connectivity index (χ1) is 11.8. The number of halogens is 3. The number of hydrogen-bond acceptors (Lipinski definition) is 4. The average molecular weight is 348 g/mol. The number of alkyl halides is 3. The number of nitrogens with zero attached hydrogens (tertiary/aromatic N) is 4.